The molecule has 5 nitrogen and oxygen atoms in total. The normalized spacial score (nSPS) is 10.2. The van der Waals surface area contributed by atoms with Gasteiger partial charge < -0.3 is 4.98 Å². The maximum absolute atomic E-state index is 14.3. The highest BCUT2D eigenvalue weighted by Crippen LogP contribution is 2.22. The zero-order valence-corrected chi connectivity index (χ0v) is 15.4. The van der Waals surface area contributed by atoms with Crippen LogP contribution >= 0.6 is 11.3 Å². The third-order valence-corrected chi connectivity index (χ3v) is 4.91. The number of fused-ring (bicyclic) bond motifs is 1. The van der Waals surface area contributed by atoms with E-state index in [1.165, 1.54) is 0 Å². The summed E-state index contributed by atoms with van der Waals surface area (Å²) >= 11 is 1.09. The molecule has 0 amide bonds. The number of thiophene rings is 1. The molecule has 3 heterocycles. The van der Waals surface area contributed by atoms with E-state index in [4.69, 9.17) is 6.42 Å². The Morgan fingerprint density at radius 3 is 2.46 bits per heavy atom. The summed E-state index contributed by atoms with van der Waals surface area (Å²) in [6.45, 7) is 1.72. The summed E-state index contributed by atoms with van der Waals surface area (Å²) in [6.07, 6.45) is 8.63. The van der Waals surface area contributed by atoms with Crippen LogP contribution in [0.15, 0.2) is 57.7 Å². The number of aromatic amines is 1. The Morgan fingerprint density at radius 2 is 1.89 bits per heavy atom. The van der Waals surface area contributed by atoms with Crippen molar-refractivity contribution < 1.29 is 8.78 Å². The zero-order valence-electron chi connectivity index (χ0n) is 14.6. The lowest BCUT2D eigenvalue weighted by Gasteiger charge is -2.08. The van der Waals surface area contributed by atoms with Gasteiger partial charge in [0.2, 0.25) is 0 Å². The first-order valence-corrected chi connectivity index (χ1v) is 8.86. The number of pyridine rings is 1. The van der Waals surface area contributed by atoms with Crippen molar-refractivity contribution in [3.63, 3.8) is 0 Å². The van der Waals surface area contributed by atoms with Crippen molar-refractivity contribution in [3.8, 4) is 18.0 Å². The van der Waals surface area contributed by atoms with E-state index in [9.17, 15) is 18.4 Å². The minimum atomic E-state index is -1.12. The smallest absolute Gasteiger partial charge is 0.305 e. The van der Waals surface area contributed by atoms with Crippen LogP contribution in [0.4, 0.5) is 8.78 Å². The summed E-state index contributed by atoms with van der Waals surface area (Å²) in [4.78, 5) is 30.8. The van der Waals surface area contributed by atoms with Gasteiger partial charge in [-0.1, -0.05) is 12.0 Å². The molecule has 4 rings (SSSR count). The van der Waals surface area contributed by atoms with Gasteiger partial charge in [0, 0.05) is 12.4 Å². The van der Waals surface area contributed by atoms with E-state index in [1.54, 1.807) is 24.7 Å². The number of H-pyrrole nitrogens is 1. The van der Waals surface area contributed by atoms with E-state index in [1.807, 2.05) is 24.1 Å². The molecule has 8 heteroatoms. The van der Waals surface area contributed by atoms with Crippen LogP contribution in [0.3, 0.4) is 0 Å². The van der Waals surface area contributed by atoms with E-state index in [0.717, 1.165) is 23.5 Å². The van der Waals surface area contributed by atoms with Gasteiger partial charge in [-0.2, -0.15) is 0 Å². The number of benzene rings is 1. The van der Waals surface area contributed by atoms with Gasteiger partial charge in [-0.15, -0.1) is 17.8 Å². The number of terminal acetylenes is 1. The molecule has 3 aromatic heterocycles. The Balaban J connectivity index is 0.000000320. The number of halogens is 2. The van der Waals surface area contributed by atoms with Gasteiger partial charge in [0.05, 0.1) is 11.1 Å². The molecule has 28 heavy (non-hydrogen) atoms. The highest BCUT2D eigenvalue weighted by Gasteiger charge is 2.20. The molecule has 0 spiro atoms. The van der Waals surface area contributed by atoms with Crippen molar-refractivity contribution in [1.29, 1.82) is 0 Å². The number of rotatable bonds is 1. The number of aromatic nitrogens is 3. The fraction of sp³-hybridized carbons (Fsp3) is 0.0500. The number of aryl methyl sites for hydroxylation is 1. The Hall–Kier alpha value is -3.57. The van der Waals surface area contributed by atoms with Crippen molar-refractivity contribution in [2.45, 2.75) is 6.92 Å². The van der Waals surface area contributed by atoms with E-state index in [-0.39, 0.29) is 10.3 Å². The second-order valence-electron chi connectivity index (χ2n) is 5.62. The average molecular weight is 397 g/mol. The molecular formula is C20H13F2N3O2S. The van der Waals surface area contributed by atoms with Gasteiger partial charge in [0.25, 0.3) is 5.56 Å². The Kier molecular flexibility index (Phi) is 5.47. The van der Waals surface area contributed by atoms with Gasteiger partial charge in [-0.3, -0.25) is 9.78 Å². The highest BCUT2D eigenvalue weighted by molar-refractivity contribution is 7.17. The summed E-state index contributed by atoms with van der Waals surface area (Å²) < 4.78 is 28.9. The largest absolute Gasteiger partial charge is 0.333 e. The number of nitrogens with zero attached hydrogens (tertiary/aromatic N) is 2. The SMILES string of the molecule is C#Cc1ccc(F)c(-n2c(=O)[nH]c3c(C)csc3c2=O)c1F.c1ccncc1. The molecule has 0 radical (unpaired) electrons. The quantitative estimate of drug-likeness (QED) is 0.501. The number of hydrogen-bond acceptors (Lipinski definition) is 4. The van der Waals surface area contributed by atoms with Crippen LogP contribution in [0.5, 0.6) is 0 Å². The molecule has 0 aliphatic rings. The lowest BCUT2D eigenvalue weighted by Crippen LogP contribution is -2.34. The molecule has 1 N–H and O–H groups in total. The van der Waals surface area contributed by atoms with Gasteiger partial charge in [0.1, 0.15) is 10.4 Å². The Labute approximate surface area is 161 Å². The fourth-order valence-corrected chi connectivity index (χ4v) is 3.42. The summed E-state index contributed by atoms with van der Waals surface area (Å²) in [7, 11) is 0. The van der Waals surface area contributed by atoms with Gasteiger partial charge in [-0.05, 0) is 42.1 Å². The fourth-order valence-electron chi connectivity index (χ4n) is 2.49. The first-order chi connectivity index (χ1) is 13.5. The van der Waals surface area contributed by atoms with Crippen LogP contribution < -0.4 is 11.2 Å². The number of hydrogen-bond donors (Lipinski definition) is 1. The highest BCUT2D eigenvalue weighted by atomic mass is 32.1. The van der Waals surface area contributed by atoms with Crippen LogP contribution in [0, 0.1) is 30.9 Å². The Morgan fingerprint density at radius 1 is 1.18 bits per heavy atom. The number of nitrogens with one attached hydrogen (secondary N) is 1. The summed E-state index contributed by atoms with van der Waals surface area (Å²) in [5.41, 5.74) is -1.64. The summed E-state index contributed by atoms with van der Waals surface area (Å²) in [6, 6.07) is 7.71. The molecule has 0 aliphatic carbocycles. The molecule has 0 unspecified atom stereocenters. The van der Waals surface area contributed by atoms with Gasteiger partial charge in [0.15, 0.2) is 11.6 Å². The first kappa shape index (κ1) is 19.2. The molecule has 140 valence electrons. The first-order valence-electron chi connectivity index (χ1n) is 7.98. The minimum Gasteiger partial charge on any atom is -0.305 e. The minimum absolute atomic E-state index is 0.210. The lowest BCUT2D eigenvalue weighted by molar-refractivity contribution is 0.561. The zero-order chi connectivity index (χ0) is 20.3. The van der Waals surface area contributed by atoms with Crippen LogP contribution in [0.1, 0.15) is 11.1 Å². The van der Waals surface area contributed by atoms with Crippen molar-refractivity contribution >= 4 is 21.6 Å². The van der Waals surface area contributed by atoms with Crippen LogP contribution in [-0.2, 0) is 0 Å². The second-order valence-corrected chi connectivity index (χ2v) is 6.50. The van der Waals surface area contributed by atoms with E-state index >= 15 is 0 Å². The third kappa shape index (κ3) is 3.48. The maximum Gasteiger partial charge on any atom is 0.333 e. The third-order valence-electron chi connectivity index (χ3n) is 3.82. The van der Waals surface area contributed by atoms with E-state index in [0.29, 0.717) is 15.6 Å². The molecule has 0 bridgehead atoms. The van der Waals surface area contributed by atoms with Gasteiger partial charge in [-0.25, -0.2) is 18.1 Å². The van der Waals surface area contributed by atoms with E-state index in [2.05, 4.69) is 9.97 Å². The molecule has 0 saturated heterocycles. The predicted molar refractivity (Wildman–Crippen MR) is 105 cm³/mol. The van der Waals surface area contributed by atoms with E-state index < -0.39 is 28.6 Å². The molecular weight excluding hydrogens is 384 g/mol. The molecule has 0 atom stereocenters. The maximum atomic E-state index is 14.3. The molecule has 0 saturated carbocycles. The lowest BCUT2D eigenvalue weighted by atomic mass is 10.2. The van der Waals surface area contributed by atoms with Gasteiger partial charge >= 0.3 is 5.69 Å². The van der Waals surface area contributed by atoms with Crippen molar-refractivity contribution in [3.05, 3.63) is 91.7 Å². The van der Waals surface area contributed by atoms with Crippen LogP contribution in [-0.4, -0.2) is 14.5 Å². The summed E-state index contributed by atoms with van der Waals surface area (Å²) in [5.74, 6) is -0.121. The molecule has 1 aromatic carbocycles. The Bertz CT molecular complexity index is 1270. The predicted octanol–water partition coefficient (Wildman–Crippen LogP) is 3.39. The van der Waals surface area contributed by atoms with Crippen molar-refractivity contribution in [1.82, 2.24) is 14.5 Å². The molecule has 4 aromatic rings. The summed E-state index contributed by atoms with van der Waals surface area (Å²) in [5, 5.41) is 1.68. The van der Waals surface area contributed by atoms with Crippen LogP contribution in [0.25, 0.3) is 15.9 Å². The topological polar surface area (TPSA) is 67.8 Å². The standard InChI is InChI=1S/C15H8F2N2O2S.C5H5N/c1-3-8-4-5-9(16)12(10(8)17)19-14(20)13-11(18-15(19)21)7(2)6-22-13;1-2-4-6-5-3-1/h1,4-6H,2H3,(H,18,21);1-5H. The van der Waals surface area contributed by atoms with Crippen molar-refractivity contribution in [2.75, 3.05) is 0 Å². The average Bonchev–Trinajstić information content (AvgIpc) is 3.07. The second kappa shape index (κ2) is 7.98. The molecule has 0 aliphatic heterocycles. The molecule has 0 fully saturated rings. The monoisotopic (exact) mass is 397 g/mol. The van der Waals surface area contributed by atoms with Crippen molar-refractivity contribution in [2.24, 2.45) is 0 Å². The van der Waals surface area contributed by atoms with Crippen LogP contribution in [0.2, 0.25) is 0 Å².